The van der Waals surface area contributed by atoms with Gasteiger partial charge < -0.3 is 16.8 Å². The fraction of sp³-hybridized carbons (Fsp3) is 0.857. The molecule has 108 valence electrons. The first-order valence-corrected chi connectivity index (χ1v) is 7.27. The molecule has 0 aromatic carbocycles. The van der Waals surface area contributed by atoms with E-state index in [1.807, 2.05) is 0 Å². The molecule has 3 aliphatic carbocycles. The van der Waals surface area contributed by atoms with Crippen molar-refractivity contribution in [2.24, 2.45) is 39.6 Å². The lowest BCUT2D eigenvalue weighted by Crippen LogP contribution is -2.54. The molecule has 2 bridgehead atoms. The number of fused-ring (bicyclic) bond motifs is 4. The zero-order valence-electron chi connectivity index (χ0n) is 12.2. The van der Waals surface area contributed by atoms with E-state index in [4.69, 9.17) is 16.9 Å². The van der Waals surface area contributed by atoms with Crippen molar-refractivity contribution in [1.29, 1.82) is 5.41 Å². The lowest BCUT2D eigenvalue weighted by atomic mass is 9.48. The van der Waals surface area contributed by atoms with Crippen LogP contribution in [0.25, 0.3) is 0 Å². The Morgan fingerprint density at radius 2 is 2.00 bits per heavy atom. The largest absolute Gasteiger partial charge is 0.370 e. The van der Waals surface area contributed by atoms with Crippen LogP contribution in [-0.4, -0.2) is 18.0 Å². The number of guanidine groups is 2. The molecule has 19 heavy (non-hydrogen) atoms. The minimum Gasteiger partial charge on any atom is -0.370 e. The van der Waals surface area contributed by atoms with Crippen LogP contribution in [0.4, 0.5) is 0 Å². The molecule has 0 aromatic rings. The minimum absolute atomic E-state index is 0.0555. The van der Waals surface area contributed by atoms with E-state index in [0.29, 0.717) is 17.4 Å². The molecule has 4 unspecified atom stereocenters. The van der Waals surface area contributed by atoms with Gasteiger partial charge in [0, 0.05) is 6.04 Å². The average Bonchev–Trinajstić information content (AvgIpc) is 2.27. The van der Waals surface area contributed by atoms with Gasteiger partial charge in [0.1, 0.15) is 0 Å². The molecule has 5 heteroatoms. The fourth-order valence-electron chi connectivity index (χ4n) is 4.11. The number of nitrogens with two attached hydrogens (primary N) is 2. The van der Waals surface area contributed by atoms with Gasteiger partial charge in [-0.25, -0.2) is 0 Å². The van der Waals surface area contributed by atoms with E-state index >= 15 is 0 Å². The maximum Gasteiger partial charge on any atom is 0.218 e. The lowest BCUT2D eigenvalue weighted by Gasteiger charge is -2.58. The van der Waals surface area contributed by atoms with Gasteiger partial charge in [-0.15, -0.1) is 0 Å². The Kier molecular flexibility index (Phi) is 3.74. The summed E-state index contributed by atoms with van der Waals surface area (Å²) in [5, 5.41) is 11.0. The van der Waals surface area contributed by atoms with Crippen molar-refractivity contribution in [3.05, 3.63) is 0 Å². The zero-order chi connectivity index (χ0) is 14.2. The van der Waals surface area contributed by atoms with Gasteiger partial charge in [0.2, 0.25) is 5.96 Å². The minimum atomic E-state index is -0.0555. The maximum atomic E-state index is 7.79. The molecular formula is C14H27N5. The van der Waals surface area contributed by atoms with Gasteiger partial charge >= 0.3 is 0 Å². The zero-order valence-corrected chi connectivity index (χ0v) is 12.2. The first-order chi connectivity index (χ1) is 8.82. The van der Waals surface area contributed by atoms with Crippen molar-refractivity contribution in [2.45, 2.75) is 52.5 Å². The molecule has 0 saturated heterocycles. The van der Waals surface area contributed by atoms with Crippen LogP contribution in [-0.2, 0) is 0 Å². The van der Waals surface area contributed by atoms with Gasteiger partial charge in [-0.2, -0.15) is 4.99 Å². The van der Waals surface area contributed by atoms with Crippen molar-refractivity contribution < 1.29 is 0 Å². The Hall–Kier alpha value is -1.26. The van der Waals surface area contributed by atoms with Gasteiger partial charge in [0.15, 0.2) is 5.96 Å². The molecule has 0 spiro atoms. The third-order valence-electron chi connectivity index (χ3n) is 5.45. The standard InChI is InChI=1S/C14H27N5/c1-8-10-7-9(14(10,2)3)5-4-6-11(8)18-13(17)19-12(15)16/h8-11H,4-7H2,1-3H3,(H6,15,16,17,18,19). The Morgan fingerprint density at radius 3 is 2.58 bits per heavy atom. The first kappa shape index (κ1) is 14.2. The highest BCUT2D eigenvalue weighted by Crippen LogP contribution is 2.58. The Labute approximate surface area is 115 Å². The van der Waals surface area contributed by atoms with E-state index < -0.39 is 0 Å². The molecule has 3 aliphatic rings. The summed E-state index contributed by atoms with van der Waals surface area (Å²) in [5.41, 5.74) is 11.1. The molecule has 3 fully saturated rings. The van der Waals surface area contributed by atoms with Gasteiger partial charge in [0.05, 0.1) is 0 Å². The summed E-state index contributed by atoms with van der Waals surface area (Å²) in [7, 11) is 0. The number of nitrogens with zero attached hydrogens (tertiary/aromatic N) is 1. The highest BCUT2D eigenvalue weighted by molar-refractivity contribution is 5.91. The highest BCUT2D eigenvalue weighted by atomic mass is 15.2. The van der Waals surface area contributed by atoms with Crippen molar-refractivity contribution >= 4 is 11.9 Å². The predicted molar refractivity (Wildman–Crippen MR) is 78.9 cm³/mol. The molecule has 0 radical (unpaired) electrons. The van der Waals surface area contributed by atoms with Crippen LogP contribution in [0.2, 0.25) is 0 Å². The molecule has 4 atom stereocenters. The molecule has 0 heterocycles. The van der Waals surface area contributed by atoms with Crippen molar-refractivity contribution in [3.8, 4) is 0 Å². The SMILES string of the molecule is CC1C(NC(=N)N=C(N)N)CCCC2CC1C2(C)C. The fourth-order valence-corrected chi connectivity index (χ4v) is 4.11. The van der Waals surface area contributed by atoms with Crippen molar-refractivity contribution in [2.75, 3.05) is 0 Å². The third-order valence-corrected chi connectivity index (χ3v) is 5.45. The van der Waals surface area contributed by atoms with Gasteiger partial charge in [-0.3, -0.25) is 5.41 Å². The number of hydrogen-bond acceptors (Lipinski definition) is 1. The van der Waals surface area contributed by atoms with E-state index in [0.717, 1.165) is 18.3 Å². The molecule has 0 amide bonds. The monoisotopic (exact) mass is 265 g/mol. The van der Waals surface area contributed by atoms with Crippen LogP contribution in [0.5, 0.6) is 0 Å². The second kappa shape index (κ2) is 5.02. The maximum absolute atomic E-state index is 7.79. The van der Waals surface area contributed by atoms with E-state index in [1.54, 1.807) is 0 Å². The molecule has 0 aliphatic heterocycles. The number of rotatable bonds is 1. The van der Waals surface area contributed by atoms with E-state index in [1.165, 1.54) is 19.3 Å². The number of hydrogen-bond donors (Lipinski definition) is 4. The van der Waals surface area contributed by atoms with E-state index in [9.17, 15) is 0 Å². The smallest absolute Gasteiger partial charge is 0.218 e. The molecule has 0 aromatic heterocycles. The third kappa shape index (κ3) is 2.69. The second-order valence-corrected chi connectivity index (χ2v) is 6.79. The lowest BCUT2D eigenvalue weighted by molar-refractivity contribution is -0.0770. The summed E-state index contributed by atoms with van der Waals surface area (Å²) >= 11 is 0. The van der Waals surface area contributed by atoms with E-state index in [2.05, 4.69) is 31.1 Å². The van der Waals surface area contributed by atoms with Crippen molar-refractivity contribution in [1.82, 2.24) is 5.32 Å². The van der Waals surface area contributed by atoms with Crippen LogP contribution in [0.3, 0.4) is 0 Å². The summed E-state index contributed by atoms with van der Waals surface area (Å²) in [6.07, 6.45) is 4.97. The van der Waals surface area contributed by atoms with Gasteiger partial charge in [0.25, 0.3) is 0 Å². The summed E-state index contributed by atoms with van der Waals surface area (Å²) in [4.78, 5) is 3.78. The summed E-state index contributed by atoms with van der Waals surface area (Å²) < 4.78 is 0. The molecule has 6 N–H and O–H groups in total. The van der Waals surface area contributed by atoms with Crippen LogP contribution in [0.15, 0.2) is 4.99 Å². The molecule has 3 saturated carbocycles. The quantitative estimate of drug-likeness (QED) is 0.428. The Balaban J connectivity index is 2.04. The Morgan fingerprint density at radius 1 is 1.32 bits per heavy atom. The van der Waals surface area contributed by atoms with Crippen LogP contribution in [0, 0.1) is 28.6 Å². The highest BCUT2D eigenvalue weighted by Gasteiger charge is 2.51. The van der Waals surface area contributed by atoms with Crippen molar-refractivity contribution in [3.63, 3.8) is 0 Å². The predicted octanol–water partition coefficient (Wildman–Crippen LogP) is 1.64. The van der Waals surface area contributed by atoms with Crippen LogP contribution >= 0.6 is 0 Å². The molecule has 5 nitrogen and oxygen atoms in total. The van der Waals surface area contributed by atoms with Gasteiger partial charge in [-0.05, 0) is 42.4 Å². The van der Waals surface area contributed by atoms with E-state index in [-0.39, 0.29) is 11.9 Å². The summed E-state index contributed by atoms with van der Waals surface area (Å²) in [6.45, 7) is 7.09. The van der Waals surface area contributed by atoms with Gasteiger partial charge in [-0.1, -0.05) is 27.2 Å². The molecule has 3 rings (SSSR count). The topological polar surface area (TPSA) is 100 Å². The number of aliphatic imine (C=N–C) groups is 1. The second-order valence-electron chi connectivity index (χ2n) is 6.79. The molecular weight excluding hydrogens is 238 g/mol. The number of nitrogens with one attached hydrogen (secondary N) is 2. The summed E-state index contributed by atoms with van der Waals surface area (Å²) in [5.74, 6) is 2.22. The van der Waals surface area contributed by atoms with Crippen LogP contribution in [0.1, 0.15) is 46.5 Å². The first-order valence-electron chi connectivity index (χ1n) is 7.27. The van der Waals surface area contributed by atoms with Crippen LogP contribution < -0.4 is 16.8 Å². The summed E-state index contributed by atoms with van der Waals surface area (Å²) in [6, 6.07) is 0.307. The Bertz CT molecular complexity index is 383. The normalized spacial score (nSPS) is 36.4. The average molecular weight is 265 g/mol.